The Labute approximate surface area is 203 Å². The van der Waals surface area contributed by atoms with Crippen molar-refractivity contribution in [3.8, 4) is 11.5 Å². The van der Waals surface area contributed by atoms with Gasteiger partial charge in [-0.25, -0.2) is 4.79 Å². The van der Waals surface area contributed by atoms with Crippen LogP contribution in [0.4, 0.5) is 11.4 Å². The molecule has 3 aromatic rings. The van der Waals surface area contributed by atoms with Gasteiger partial charge in [-0.05, 0) is 61.9 Å². The lowest BCUT2D eigenvalue weighted by molar-refractivity contribution is -0.139. The first-order valence-electron chi connectivity index (χ1n) is 10.8. The molecule has 3 aromatic carbocycles. The fraction of sp³-hybridized carbons (Fsp3) is 0.148. The predicted octanol–water partition coefficient (Wildman–Crippen LogP) is 4.44. The molecular formula is C27H26N2O6. The van der Waals surface area contributed by atoms with Crippen molar-refractivity contribution >= 4 is 35.2 Å². The van der Waals surface area contributed by atoms with Crippen molar-refractivity contribution in [1.82, 2.24) is 0 Å². The summed E-state index contributed by atoms with van der Waals surface area (Å²) in [6.07, 6.45) is 1.43. The van der Waals surface area contributed by atoms with Gasteiger partial charge in [0, 0.05) is 11.4 Å². The van der Waals surface area contributed by atoms with Crippen LogP contribution in [0.5, 0.6) is 11.5 Å². The Morgan fingerprint density at radius 2 is 1.31 bits per heavy atom. The summed E-state index contributed by atoms with van der Waals surface area (Å²) >= 11 is 0. The predicted molar refractivity (Wildman–Crippen MR) is 134 cm³/mol. The minimum Gasteiger partial charge on any atom is -0.493 e. The van der Waals surface area contributed by atoms with Crippen LogP contribution in [0.15, 0.2) is 72.3 Å². The number of aliphatic carboxylic acids is 1. The summed E-state index contributed by atoms with van der Waals surface area (Å²) in [4.78, 5) is 37.1. The molecule has 180 valence electrons. The van der Waals surface area contributed by atoms with Gasteiger partial charge in [0.25, 0.3) is 11.8 Å². The van der Waals surface area contributed by atoms with Crippen molar-refractivity contribution in [3.05, 3.63) is 89.0 Å². The van der Waals surface area contributed by atoms with Crippen LogP contribution >= 0.6 is 0 Å². The summed E-state index contributed by atoms with van der Waals surface area (Å²) in [5.74, 6) is -1.83. The minimum atomic E-state index is -1.13. The molecule has 3 rings (SSSR count). The highest BCUT2D eigenvalue weighted by atomic mass is 16.5. The van der Waals surface area contributed by atoms with Gasteiger partial charge in [0.15, 0.2) is 18.1 Å². The molecule has 8 nitrogen and oxygen atoms in total. The third-order valence-electron chi connectivity index (χ3n) is 4.96. The van der Waals surface area contributed by atoms with Gasteiger partial charge in [0.05, 0.1) is 7.11 Å². The van der Waals surface area contributed by atoms with Crippen molar-refractivity contribution in [2.45, 2.75) is 13.8 Å². The number of amides is 2. The third kappa shape index (κ3) is 7.20. The topological polar surface area (TPSA) is 114 Å². The van der Waals surface area contributed by atoms with Crippen LogP contribution in [0, 0.1) is 13.8 Å². The van der Waals surface area contributed by atoms with E-state index in [2.05, 4.69) is 10.6 Å². The number of carbonyl (C=O) groups is 3. The van der Waals surface area contributed by atoms with Gasteiger partial charge in [-0.1, -0.05) is 41.5 Å². The first kappa shape index (κ1) is 25.0. The van der Waals surface area contributed by atoms with E-state index in [1.165, 1.54) is 19.3 Å². The van der Waals surface area contributed by atoms with Gasteiger partial charge < -0.3 is 25.2 Å². The van der Waals surface area contributed by atoms with E-state index in [1.807, 2.05) is 38.1 Å². The van der Waals surface area contributed by atoms with Crippen molar-refractivity contribution < 1.29 is 29.0 Å². The summed E-state index contributed by atoms with van der Waals surface area (Å²) in [6, 6.07) is 19.1. The second-order valence-electron chi connectivity index (χ2n) is 7.79. The molecule has 8 heteroatoms. The maximum Gasteiger partial charge on any atom is 0.341 e. The van der Waals surface area contributed by atoms with Crippen molar-refractivity contribution in [3.63, 3.8) is 0 Å². The second-order valence-corrected chi connectivity index (χ2v) is 7.79. The van der Waals surface area contributed by atoms with Gasteiger partial charge in [0.1, 0.15) is 5.57 Å². The van der Waals surface area contributed by atoms with Crippen LogP contribution in [-0.2, 0) is 14.4 Å². The molecule has 35 heavy (non-hydrogen) atoms. The lowest BCUT2D eigenvalue weighted by Gasteiger charge is -2.12. The number of rotatable bonds is 9. The number of carboxylic acid groups (broad SMARTS) is 1. The molecule has 2 amide bonds. The Hall–Kier alpha value is -4.59. The Morgan fingerprint density at radius 1 is 0.800 bits per heavy atom. The molecule has 0 aliphatic heterocycles. The van der Waals surface area contributed by atoms with E-state index in [1.54, 1.807) is 36.4 Å². The molecule has 0 aliphatic rings. The number of carbonyl (C=O) groups excluding carboxylic acids is 2. The average molecular weight is 475 g/mol. The number of hydrogen-bond donors (Lipinski definition) is 3. The van der Waals surface area contributed by atoms with Gasteiger partial charge in [0.2, 0.25) is 0 Å². The molecule has 0 unspecified atom stereocenters. The van der Waals surface area contributed by atoms with Crippen LogP contribution < -0.4 is 20.1 Å². The summed E-state index contributed by atoms with van der Waals surface area (Å²) < 4.78 is 10.5. The highest BCUT2D eigenvalue weighted by Gasteiger charge is 2.20. The molecule has 0 saturated carbocycles. The Balaban J connectivity index is 1.93. The van der Waals surface area contributed by atoms with E-state index in [-0.39, 0.29) is 17.1 Å². The van der Waals surface area contributed by atoms with Crippen LogP contribution in [0.25, 0.3) is 6.08 Å². The van der Waals surface area contributed by atoms with E-state index in [9.17, 15) is 14.4 Å². The monoisotopic (exact) mass is 474 g/mol. The van der Waals surface area contributed by atoms with E-state index in [4.69, 9.17) is 14.6 Å². The molecule has 0 aromatic heterocycles. The largest absolute Gasteiger partial charge is 0.493 e. The summed E-state index contributed by atoms with van der Waals surface area (Å²) in [6.45, 7) is 3.33. The Morgan fingerprint density at radius 3 is 1.77 bits per heavy atom. The number of ether oxygens (including phenoxy) is 2. The van der Waals surface area contributed by atoms with E-state index < -0.39 is 24.4 Å². The number of nitrogens with one attached hydrogen (secondary N) is 2. The molecule has 0 bridgehead atoms. The van der Waals surface area contributed by atoms with E-state index in [0.29, 0.717) is 16.9 Å². The van der Waals surface area contributed by atoms with Gasteiger partial charge in [-0.15, -0.1) is 0 Å². The highest BCUT2D eigenvalue weighted by molar-refractivity contribution is 6.28. The summed E-state index contributed by atoms with van der Waals surface area (Å²) in [5.41, 5.74) is 3.51. The lowest BCUT2D eigenvalue weighted by Crippen LogP contribution is -2.25. The van der Waals surface area contributed by atoms with Gasteiger partial charge >= 0.3 is 5.97 Å². The number of methoxy groups -OCH3 is 1. The number of carboxylic acids is 1. The van der Waals surface area contributed by atoms with E-state index in [0.717, 1.165) is 11.1 Å². The first-order valence-corrected chi connectivity index (χ1v) is 10.8. The first-order chi connectivity index (χ1) is 16.7. The second kappa shape index (κ2) is 11.5. The Bertz CT molecular complexity index is 1190. The fourth-order valence-corrected chi connectivity index (χ4v) is 3.10. The molecule has 0 atom stereocenters. The standard InChI is InChI=1S/C27H26N2O6/c1-17-4-9-20(10-5-17)28-26(32)22(27(33)29-21-11-6-18(2)7-12-21)14-19-8-13-23(24(15-19)34-3)35-16-25(30)31/h4-15H,16H2,1-3H3,(H,28,32)(H,29,33)(H,30,31). The zero-order chi connectivity index (χ0) is 25.4. The van der Waals surface area contributed by atoms with Gasteiger partial charge in [-0.3, -0.25) is 9.59 Å². The summed E-state index contributed by atoms with van der Waals surface area (Å²) in [5, 5.41) is 14.3. The smallest absolute Gasteiger partial charge is 0.341 e. The number of hydrogen-bond acceptors (Lipinski definition) is 5. The highest BCUT2D eigenvalue weighted by Crippen LogP contribution is 2.29. The lowest BCUT2D eigenvalue weighted by atomic mass is 10.1. The SMILES string of the molecule is COc1cc(C=C(C(=O)Nc2ccc(C)cc2)C(=O)Nc2ccc(C)cc2)ccc1OCC(=O)O. The van der Waals surface area contributed by atoms with Crippen LogP contribution in [0.1, 0.15) is 16.7 Å². The molecule has 0 radical (unpaired) electrons. The molecular weight excluding hydrogens is 448 g/mol. The molecule has 0 fully saturated rings. The molecule has 0 spiro atoms. The van der Waals surface area contributed by atoms with Crippen molar-refractivity contribution in [2.75, 3.05) is 24.4 Å². The number of benzene rings is 3. The van der Waals surface area contributed by atoms with Crippen LogP contribution in [-0.4, -0.2) is 36.6 Å². The summed E-state index contributed by atoms with van der Waals surface area (Å²) in [7, 11) is 1.41. The fourth-order valence-electron chi connectivity index (χ4n) is 3.10. The minimum absolute atomic E-state index is 0.132. The zero-order valence-electron chi connectivity index (χ0n) is 19.6. The van der Waals surface area contributed by atoms with Crippen molar-refractivity contribution in [1.29, 1.82) is 0 Å². The molecule has 0 aliphatic carbocycles. The van der Waals surface area contributed by atoms with Crippen LogP contribution in [0.2, 0.25) is 0 Å². The van der Waals surface area contributed by atoms with Gasteiger partial charge in [-0.2, -0.15) is 0 Å². The number of aryl methyl sites for hydroxylation is 2. The zero-order valence-corrected chi connectivity index (χ0v) is 19.6. The molecule has 0 saturated heterocycles. The molecule has 3 N–H and O–H groups in total. The maximum atomic E-state index is 13.1. The van der Waals surface area contributed by atoms with Crippen molar-refractivity contribution in [2.24, 2.45) is 0 Å². The maximum absolute atomic E-state index is 13.1. The van der Waals surface area contributed by atoms with E-state index >= 15 is 0 Å². The van der Waals surface area contributed by atoms with Crippen LogP contribution in [0.3, 0.4) is 0 Å². The quantitative estimate of drug-likeness (QED) is 0.240. The Kier molecular flexibility index (Phi) is 8.24. The third-order valence-corrected chi connectivity index (χ3v) is 4.96. The average Bonchev–Trinajstić information content (AvgIpc) is 2.84. The number of anilines is 2. The normalized spacial score (nSPS) is 10.1. The molecule has 0 heterocycles.